The van der Waals surface area contributed by atoms with E-state index in [0.717, 1.165) is 6.07 Å². The van der Waals surface area contributed by atoms with Gasteiger partial charge in [-0.25, -0.2) is 23.1 Å². The third kappa shape index (κ3) is 5.11. The van der Waals surface area contributed by atoms with Crippen molar-refractivity contribution in [2.75, 3.05) is 25.0 Å². The fourth-order valence-electron chi connectivity index (χ4n) is 3.64. The molecule has 4 rings (SSSR count). The first-order valence-electron chi connectivity index (χ1n) is 10.9. The molecule has 33 heavy (non-hydrogen) atoms. The van der Waals surface area contributed by atoms with E-state index in [0.29, 0.717) is 37.3 Å². The number of piperidine rings is 1. The minimum absolute atomic E-state index is 0.0619. The lowest BCUT2D eigenvalue weighted by Crippen LogP contribution is -2.46. The maximum absolute atomic E-state index is 14.7. The molecule has 3 aromatic rings. The molecule has 1 aliphatic rings. The van der Waals surface area contributed by atoms with Crippen LogP contribution in [0.1, 0.15) is 37.6 Å². The maximum Gasteiger partial charge on any atom is 0.251 e. The molecule has 3 N–H and O–H groups in total. The van der Waals surface area contributed by atoms with E-state index in [1.165, 1.54) is 6.20 Å². The number of aromatic nitrogens is 3. The normalized spacial score (nSPS) is 19.0. The summed E-state index contributed by atoms with van der Waals surface area (Å²) in [6.07, 6.45) is 2.12. The Morgan fingerprint density at radius 3 is 2.79 bits per heavy atom. The molecule has 0 unspecified atom stereocenters. The molecule has 0 saturated carbocycles. The fraction of sp³-hybridized carbons (Fsp3) is 0.435. The molecule has 2 atom stereocenters. The molecular formula is C23H27F3N6O. The molecule has 0 spiro atoms. The van der Waals surface area contributed by atoms with Crippen LogP contribution in [0.25, 0.3) is 17.0 Å². The van der Waals surface area contributed by atoms with Gasteiger partial charge in [-0.1, -0.05) is 20.8 Å². The molecule has 0 bridgehead atoms. The van der Waals surface area contributed by atoms with Crippen LogP contribution in [0.5, 0.6) is 0 Å². The van der Waals surface area contributed by atoms with Gasteiger partial charge >= 0.3 is 0 Å². The summed E-state index contributed by atoms with van der Waals surface area (Å²) < 4.78 is 44.8. The number of halogens is 3. The molecule has 0 radical (unpaired) electrons. The standard InChI is InChI=1S/C23H27F3N6O/c1-23(2,3)12-29-22(33)13-5-7-32-18(11-28-19(32)8-13)20-15(25)9-16(26)21(31-20)30-17-10-27-6-4-14(17)24/h5,7-9,11,14,17,27H,4,6,10,12H2,1-3H3,(H,29,33)(H,30,31)/t14-,17-/m0/s1. The van der Waals surface area contributed by atoms with Crippen LogP contribution in [0.3, 0.4) is 0 Å². The highest BCUT2D eigenvalue weighted by atomic mass is 19.1. The Bertz CT molecular complexity index is 1170. The first-order valence-corrected chi connectivity index (χ1v) is 10.9. The van der Waals surface area contributed by atoms with Gasteiger partial charge in [0.15, 0.2) is 17.5 Å². The van der Waals surface area contributed by atoms with Gasteiger partial charge in [-0.15, -0.1) is 0 Å². The van der Waals surface area contributed by atoms with E-state index in [9.17, 15) is 18.0 Å². The van der Waals surface area contributed by atoms with Gasteiger partial charge in [0.05, 0.1) is 17.9 Å². The van der Waals surface area contributed by atoms with Crippen LogP contribution in [-0.4, -0.2) is 52.1 Å². The highest BCUT2D eigenvalue weighted by Crippen LogP contribution is 2.27. The fourth-order valence-corrected chi connectivity index (χ4v) is 3.64. The number of carbonyl (C=O) groups excluding carboxylic acids is 1. The number of hydrogen-bond donors (Lipinski definition) is 3. The van der Waals surface area contributed by atoms with Crippen LogP contribution < -0.4 is 16.0 Å². The minimum Gasteiger partial charge on any atom is -0.361 e. The third-order valence-corrected chi connectivity index (χ3v) is 5.45. The van der Waals surface area contributed by atoms with Crippen molar-refractivity contribution in [3.63, 3.8) is 0 Å². The zero-order valence-corrected chi connectivity index (χ0v) is 18.8. The lowest BCUT2D eigenvalue weighted by Gasteiger charge is -2.28. The van der Waals surface area contributed by atoms with E-state index < -0.39 is 23.8 Å². The van der Waals surface area contributed by atoms with Gasteiger partial charge in [0.25, 0.3) is 5.91 Å². The second-order valence-electron chi connectivity index (χ2n) is 9.44. The average Bonchev–Trinajstić information content (AvgIpc) is 3.18. The van der Waals surface area contributed by atoms with Gasteiger partial charge in [-0.3, -0.25) is 9.20 Å². The van der Waals surface area contributed by atoms with Gasteiger partial charge in [-0.2, -0.15) is 0 Å². The third-order valence-electron chi connectivity index (χ3n) is 5.45. The van der Waals surface area contributed by atoms with Gasteiger partial charge in [0.2, 0.25) is 0 Å². The van der Waals surface area contributed by atoms with Gasteiger partial charge in [0.1, 0.15) is 17.5 Å². The number of rotatable bonds is 5. The molecule has 1 fully saturated rings. The van der Waals surface area contributed by atoms with Crippen LogP contribution in [0.4, 0.5) is 19.0 Å². The monoisotopic (exact) mass is 460 g/mol. The Hall–Kier alpha value is -3.14. The number of fused-ring (bicyclic) bond motifs is 1. The summed E-state index contributed by atoms with van der Waals surface area (Å²) in [6.45, 7) is 7.41. The van der Waals surface area contributed by atoms with Crippen molar-refractivity contribution in [1.82, 2.24) is 25.0 Å². The quantitative estimate of drug-likeness (QED) is 0.542. The molecule has 1 amide bonds. The number of hydrogen-bond acceptors (Lipinski definition) is 5. The second-order valence-corrected chi connectivity index (χ2v) is 9.44. The predicted molar refractivity (Wildman–Crippen MR) is 120 cm³/mol. The summed E-state index contributed by atoms with van der Waals surface area (Å²) in [6, 6.07) is 3.24. The molecule has 7 nitrogen and oxygen atoms in total. The predicted octanol–water partition coefficient (Wildman–Crippen LogP) is 3.56. The smallest absolute Gasteiger partial charge is 0.251 e. The van der Waals surface area contributed by atoms with Crippen molar-refractivity contribution in [3.05, 3.63) is 47.8 Å². The minimum atomic E-state index is -1.17. The molecule has 1 aliphatic heterocycles. The van der Waals surface area contributed by atoms with Gasteiger partial charge in [0, 0.05) is 30.9 Å². The lowest BCUT2D eigenvalue weighted by atomic mass is 9.97. The van der Waals surface area contributed by atoms with Crippen molar-refractivity contribution in [2.45, 2.75) is 39.4 Å². The highest BCUT2D eigenvalue weighted by Gasteiger charge is 2.27. The SMILES string of the molecule is CC(C)(C)CNC(=O)c1ccn2c(-c3nc(N[C@H]4CNCC[C@@H]4F)c(F)cc3F)cnc2c1. The number of anilines is 1. The first-order chi connectivity index (χ1) is 15.6. The van der Waals surface area contributed by atoms with Crippen LogP contribution in [0, 0.1) is 17.0 Å². The van der Waals surface area contributed by atoms with Gasteiger partial charge in [-0.05, 0) is 30.5 Å². The molecule has 3 aromatic heterocycles. The summed E-state index contributed by atoms with van der Waals surface area (Å²) >= 11 is 0. The van der Waals surface area contributed by atoms with Crippen molar-refractivity contribution in [2.24, 2.45) is 5.41 Å². The zero-order valence-electron chi connectivity index (χ0n) is 18.8. The van der Waals surface area contributed by atoms with E-state index in [-0.39, 0.29) is 28.5 Å². The molecule has 0 aromatic carbocycles. The van der Waals surface area contributed by atoms with Crippen LogP contribution in [0.15, 0.2) is 30.6 Å². The number of nitrogens with one attached hydrogen (secondary N) is 3. The van der Waals surface area contributed by atoms with Crippen LogP contribution in [0.2, 0.25) is 0 Å². The number of carbonyl (C=O) groups is 1. The highest BCUT2D eigenvalue weighted by molar-refractivity contribution is 5.95. The van der Waals surface area contributed by atoms with E-state index in [1.807, 2.05) is 20.8 Å². The van der Waals surface area contributed by atoms with Crippen molar-refractivity contribution >= 4 is 17.4 Å². The number of pyridine rings is 2. The van der Waals surface area contributed by atoms with Crippen molar-refractivity contribution < 1.29 is 18.0 Å². The van der Waals surface area contributed by atoms with Crippen molar-refractivity contribution in [1.29, 1.82) is 0 Å². The molecular weight excluding hydrogens is 433 g/mol. The molecule has 4 heterocycles. The Morgan fingerprint density at radius 1 is 1.27 bits per heavy atom. The summed E-state index contributed by atoms with van der Waals surface area (Å²) in [4.78, 5) is 20.8. The summed E-state index contributed by atoms with van der Waals surface area (Å²) in [5.74, 6) is -2.24. The summed E-state index contributed by atoms with van der Waals surface area (Å²) in [5, 5.41) is 8.67. The van der Waals surface area contributed by atoms with E-state index in [1.54, 1.807) is 22.7 Å². The maximum atomic E-state index is 14.7. The number of imidazole rings is 1. The molecule has 1 saturated heterocycles. The largest absolute Gasteiger partial charge is 0.361 e. The van der Waals surface area contributed by atoms with Crippen LogP contribution in [-0.2, 0) is 0 Å². The molecule has 176 valence electrons. The van der Waals surface area contributed by atoms with Crippen LogP contribution >= 0.6 is 0 Å². The summed E-state index contributed by atoms with van der Waals surface area (Å²) in [7, 11) is 0. The molecule has 0 aliphatic carbocycles. The molecule has 10 heteroatoms. The topological polar surface area (TPSA) is 83.4 Å². The first kappa shape index (κ1) is 23.0. The second kappa shape index (κ2) is 9.01. The number of alkyl halides is 1. The van der Waals surface area contributed by atoms with Gasteiger partial charge < -0.3 is 16.0 Å². The Kier molecular flexibility index (Phi) is 6.29. The van der Waals surface area contributed by atoms with Crippen molar-refractivity contribution in [3.8, 4) is 11.4 Å². The zero-order chi connectivity index (χ0) is 23.8. The number of amides is 1. The Morgan fingerprint density at radius 2 is 2.06 bits per heavy atom. The Balaban J connectivity index is 1.62. The van der Waals surface area contributed by atoms with E-state index >= 15 is 0 Å². The van der Waals surface area contributed by atoms with E-state index in [4.69, 9.17) is 0 Å². The lowest BCUT2D eigenvalue weighted by molar-refractivity contribution is 0.0939. The van der Waals surface area contributed by atoms with E-state index in [2.05, 4.69) is 25.9 Å². The number of nitrogens with zero attached hydrogens (tertiary/aromatic N) is 3. The Labute approximate surface area is 189 Å². The average molecular weight is 461 g/mol. The summed E-state index contributed by atoms with van der Waals surface area (Å²) in [5.41, 5.74) is 0.917.